The first-order valence-electron chi connectivity index (χ1n) is 2.35. The molecule has 2 atom stereocenters. The third-order valence-corrected chi connectivity index (χ3v) is 9.12. The normalized spacial score (nSPS) is 46.3. The Morgan fingerprint density at radius 2 is 1.29 bits per heavy atom. The largest absolute Gasteiger partial charge is 0.125 e. The van der Waals surface area contributed by atoms with Crippen LogP contribution in [0.3, 0.4) is 0 Å². The molecule has 2 unspecified atom stereocenters. The zero-order valence-electron chi connectivity index (χ0n) is 4.41. The Morgan fingerprint density at radius 1 is 1.14 bits per heavy atom. The van der Waals surface area contributed by atoms with Crippen molar-refractivity contribution in [3.05, 3.63) is 0 Å². The van der Waals surface area contributed by atoms with Gasteiger partial charge < -0.3 is 0 Å². The van der Waals surface area contributed by atoms with Gasteiger partial charge in [0.15, 0.2) is 0 Å². The van der Waals surface area contributed by atoms with Gasteiger partial charge in [0.05, 0.1) is 8.07 Å². The number of halogens is 2. The summed E-state index contributed by atoms with van der Waals surface area (Å²) in [6, 6.07) is 0. The van der Waals surface area contributed by atoms with Gasteiger partial charge >= 0.3 is 0 Å². The van der Waals surface area contributed by atoms with Gasteiger partial charge in [0.25, 0.3) is 0 Å². The van der Waals surface area contributed by atoms with Gasteiger partial charge in [0.1, 0.15) is 0 Å². The monoisotopic (exact) mass is 154 g/mol. The molecule has 1 aliphatic rings. The second-order valence-electron chi connectivity index (χ2n) is 2.62. The van der Waals surface area contributed by atoms with E-state index in [1.807, 2.05) is 0 Å². The standard InChI is InChI=1S/C4H8Cl2Si/c1-7(2)3(5)4(7)6/h3-4H,1-2H3. The molecule has 0 aromatic heterocycles. The van der Waals surface area contributed by atoms with Crippen LogP contribution in [0.2, 0.25) is 13.1 Å². The molecule has 0 nitrogen and oxygen atoms in total. The van der Waals surface area contributed by atoms with E-state index in [0.29, 0.717) is 10.0 Å². The highest BCUT2D eigenvalue weighted by Crippen LogP contribution is 2.43. The zero-order valence-corrected chi connectivity index (χ0v) is 6.92. The molecule has 3 heteroatoms. The fourth-order valence-electron chi connectivity index (χ4n) is 0.515. The summed E-state index contributed by atoms with van der Waals surface area (Å²) in [6.07, 6.45) is 0. The van der Waals surface area contributed by atoms with Crippen LogP contribution in [-0.4, -0.2) is 18.1 Å². The first kappa shape index (κ1) is 5.93. The molecule has 0 aliphatic carbocycles. The minimum Gasteiger partial charge on any atom is -0.125 e. The predicted molar refractivity (Wildman–Crippen MR) is 36.8 cm³/mol. The molecule has 0 spiro atoms. The topological polar surface area (TPSA) is 0 Å². The summed E-state index contributed by atoms with van der Waals surface area (Å²) in [6.45, 7) is 4.42. The van der Waals surface area contributed by atoms with Crippen molar-refractivity contribution in [2.75, 3.05) is 0 Å². The summed E-state index contributed by atoms with van der Waals surface area (Å²) in [5, 5.41) is 0.684. The fraction of sp³-hybridized carbons (Fsp3) is 1.00. The lowest BCUT2D eigenvalue weighted by molar-refractivity contribution is 1.50. The molecule has 0 amide bonds. The summed E-state index contributed by atoms with van der Waals surface area (Å²) < 4.78 is 0. The van der Waals surface area contributed by atoms with E-state index >= 15 is 0 Å². The molecule has 1 heterocycles. The maximum absolute atomic E-state index is 5.76. The van der Waals surface area contributed by atoms with Gasteiger partial charge in [-0.25, -0.2) is 0 Å². The van der Waals surface area contributed by atoms with E-state index in [0.717, 1.165) is 0 Å². The second-order valence-corrected chi connectivity index (χ2v) is 9.18. The quantitative estimate of drug-likeness (QED) is 0.370. The molecular formula is C4H8Cl2Si. The molecule has 0 N–H and O–H groups in total. The van der Waals surface area contributed by atoms with E-state index in [1.54, 1.807) is 0 Å². The van der Waals surface area contributed by atoms with E-state index < -0.39 is 8.07 Å². The van der Waals surface area contributed by atoms with Crippen molar-refractivity contribution < 1.29 is 0 Å². The van der Waals surface area contributed by atoms with Crippen molar-refractivity contribution in [1.82, 2.24) is 0 Å². The van der Waals surface area contributed by atoms with Gasteiger partial charge in [-0.05, 0) is 0 Å². The van der Waals surface area contributed by atoms with E-state index in [9.17, 15) is 0 Å². The number of rotatable bonds is 0. The van der Waals surface area contributed by atoms with E-state index in [1.165, 1.54) is 0 Å². The third-order valence-electron chi connectivity index (χ3n) is 1.57. The second kappa shape index (κ2) is 1.39. The molecule has 0 saturated carbocycles. The van der Waals surface area contributed by atoms with E-state index in [2.05, 4.69) is 13.1 Å². The number of hydrogen-bond acceptors (Lipinski definition) is 0. The van der Waals surface area contributed by atoms with Gasteiger partial charge in [0.2, 0.25) is 0 Å². The summed E-state index contributed by atoms with van der Waals surface area (Å²) in [7, 11) is -1.04. The van der Waals surface area contributed by atoms with E-state index in [4.69, 9.17) is 23.2 Å². The first-order chi connectivity index (χ1) is 3.07. The lowest BCUT2D eigenvalue weighted by Gasteiger charge is -1.87. The highest BCUT2D eigenvalue weighted by Gasteiger charge is 2.57. The van der Waals surface area contributed by atoms with E-state index in [-0.39, 0.29) is 0 Å². The Kier molecular flexibility index (Phi) is 1.18. The van der Waals surface area contributed by atoms with Crippen LogP contribution in [0.4, 0.5) is 0 Å². The maximum Gasteiger partial charge on any atom is 0.0907 e. The van der Waals surface area contributed by atoms with Crippen LogP contribution in [-0.2, 0) is 0 Å². The molecule has 1 rings (SSSR count). The molecule has 42 valence electrons. The fourth-order valence-corrected chi connectivity index (χ4v) is 5.07. The Morgan fingerprint density at radius 3 is 1.29 bits per heavy atom. The molecule has 0 radical (unpaired) electrons. The zero-order chi connectivity index (χ0) is 5.65. The van der Waals surface area contributed by atoms with Gasteiger partial charge in [-0.15, -0.1) is 23.2 Å². The molecular weight excluding hydrogens is 147 g/mol. The smallest absolute Gasteiger partial charge is 0.0907 e. The number of hydrogen-bond donors (Lipinski definition) is 0. The number of alkyl halides is 2. The molecule has 7 heavy (non-hydrogen) atoms. The van der Waals surface area contributed by atoms with Crippen LogP contribution in [0.5, 0.6) is 0 Å². The molecule has 1 fully saturated rings. The highest BCUT2D eigenvalue weighted by atomic mass is 35.5. The molecule has 1 saturated heterocycles. The lowest BCUT2D eigenvalue weighted by atomic mass is 11.0. The molecule has 0 aromatic carbocycles. The van der Waals surface area contributed by atoms with Crippen molar-refractivity contribution >= 4 is 31.3 Å². The van der Waals surface area contributed by atoms with Gasteiger partial charge in [-0.2, -0.15) is 0 Å². The maximum atomic E-state index is 5.76. The summed E-state index contributed by atoms with van der Waals surface area (Å²) in [5.74, 6) is 0. The highest BCUT2D eigenvalue weighted by molar-refractivity contribution is 7.03. The van der Waals surface area contributed by atoms with Crippen LogP contribution < -0.4 is 0 Å². The summed E-state index contributed by atoms with van der Waals surface area (Å²) >= 11 is 11.5. The minimum atomic E-state index is -1.04. The van der Waals surface area contributed by atoms with Crippen LogP contribution in [0, 0.1) is 0 Å². The summed E-state index contributed by atoms with van der Waals surface area (Å²) in [5.41, 5.74) is 0. The van der Waals surface area contributed by atoms with Crippen LogP contribution in [0.15, 0.2) is 0 Å². The Balaban J connectivity index is 2.52. The van der Waals surface area contributed by atoms with Crippen molar-refractivity contribution in [3.63, 3.8) is 0 Å². The third kappa shape index (κ3) is 0.714. The SMILES string of the molecule is C[Si]1(C)C(Cl)C1Cl. The lowest BCUT2D eigenvalue weighted by Crippen LogP contribution is -2.06. The van der Waals surface area contributed by atoms with Crippen LogP contribution in [0.1, 0.15) is 0 Å². The Bertz CT molecular complexity index is 81.7. The molecule has 0 bridgehead atoms. The Labute approximate surface area is 54.8 Å². The molecule has 0 aromatic rings. The molecule has 1 aliphatic heterocycles. The van der Waals surface area contributed by atoms with Crippen LogP contribution in [0.25, 0.3) is 0 Å². The van der Waals surface area contributed by atoms with Crippen molar-refractivity contribution in [2.45, 2.75) is 23.1 Å². The van der Waals surface area contributed by atoms with Gasteiger partial charge in [-0.1, -0.05) is 13.1 Å². The van der Waals surface area contributed by atoms with Gasteiger partial charge in [-0.3, -0.25) is 0 Å². The average molecular weight is 155 g/mol. The summed E-state index contributed by atoms with van der Waals surface area (Å²) in [4.78, 5) is 0. The minimum absolute atomic E-state index is 0.342. The van der Waals surface area contributed by atoms with Crippen LogP contribution >= 0.6 is 23.2 Å². The first-order valence-corrected chi connectivity index (χ1v) is 6.37. The van der Waals surface area contributed by atoms with Gasteiger partial charge in [0, 0.05) is 10.0 Å². The van der Waals surface area contributed by atoms with Crippen molar-refractivity contribution in [3.8, 4) is 0 Å². The van der Waals surface area contributed by atoms with Crippen molar-refractivity contribution in [1.29, 1.82) is 0 Å². The predicted octanol–water partition coefficient (Wildman–Crippen LogP) is 2.00. The Hall–Kier alpha value is 0.797. The average Bonchev–Trinajstić information content (AvgIpc) is 1.91. The van der Waals surface area contributed by atoms with Crippen molar-refractivity contribution in [2.24, 2.45) is 0 Å².